The van der Waals surface area contributed by atoms with Crippen molar-refractivity contribution in [2.24, 2.45) is 0 Å². The minimum absolute atomic E-state index is 0.0718. The van der Waals surface area contributed by atoms with Gasteiger partial charge < -0.3 is 19.7 Å². The quantitative estimate of drug-likeness (QED) is 0.330. The highest BCUT2D eigenvalue weighted by atomic mass is 35.5. The number of rotatable bonds is 13. The summed E-state index contributed by atoms with van der Waals surface area (Å²) < 4.78 is 11.4. The first-order chi connectivity index (χ1) is 18.0. The van der Waals surface area contributed by atoms with Crippen LogP contribution in [0.25, 0.3) is 0 Å². The molecule has 1 saturated carbocycles. The van der Waals surface area contributed by atoms with E-state index in [-0.39, 0.29) is 24.3 Å². The van der Waals surface area contributed by atoms with E-state index in [9.17, 15) is 9.59 Å². The Bertz CT molecular complexity index is 1020. The molecule has 1 aliphatic carbocycles. The van der Waals surface area contributed by atoms with E-state index in [2.05, 4.69) is 5.32 Å². The summed E-state index contributed by atoms with van der Waals surface area (Å²) in [5.41, 5.74) is 1.82. The first-order valence-corrected chi connectivity index (χ1v) is 14.1. The summed E-state index contributed by atoms with van der Waals surface area (Å²) in [5.74, 6) is 1.23. The molecule has 2 aromatic carbocycles. The van der Waals surface area contributed by atoms with E-state index < -0.39 is 6.04 Å². The highest BCUT2D eigenvalue weighted by molar-refractivity contribution is 6.31. The van der Waals surface area contributed by atoms with Crippen LogP contribution in [0.15, 0.2) is 42.5 Å². The molecule has 1 fully saturated rings. The molecule has 0 heterocycles. The van der Waals surface area contributed by atoms with Gasteiger partial charge in [0.05, 0.1) is 13.2 Å². The van der Waals surface area contributed by atoms with Crippen LogP contribution in [0.4, 0.5) is 0 Å². The molecule has 1 aliphatic rings. The van der Waals surface area contributed by atoms with Crippen molar-refractivity contribution < 1.29 is 19.1 Å². The first-order valence-electron chi connectivity index (χ1n) is 13.7. The van der Waals surface area contributed by atoms with Crippen LogP contribution < -0.4 is 14.8 Å². The Morgan fingerprint density at radius 1 is 1.00 bits per heavy atom. The Hall–Kier alpha value is -2.73. The first kappa shape index (κ1) is 28.8. The fourth-order valence-corrected chi connectivity index (χ4v) is 5.12. The topological polar surface area (TPSA) is 67.9 Å². The summed E-state index contributed by atoms with van der Waals surface area (Å²) >= 11 is 6.45. The lowest BCUT2D eigenvalue weighted by atomic mass is 9.95. The molecule has 0 bridgehead atoms. The SMILES string of the molecule is CCOc1ccc(CCC(=O)N(Cc2ccccc2Cl)[C@H](CC)C(=O)NC2CCCCC2)cc1OCC. The summed E-state index contributed by atoms with van der Waals surface area (Å²) in [4.78, 5) is 28.7. The molecule has 7 heteroatoms. The second-order valence-corrected chi connectivity index (χ2v) is 9.93. The fourth-order valence-electron chi connectivity index (χ4n) is 4.92. The third-order valence-corrected chi connectivity index (χ3v) is 7.24. The van der Waals surface area contributed by atoms with Crippen LogP contribution in [-0.4, -0.2) is 42.0 Å². The smallest absolute Gasteiger partial charge is 0.243 e. The van der Waals surface area contributed by atoms with Gasteiger partial charge in [0.15, 0.2) is 11.5 Å². The number of ether oxygens (including phenoxy) is 2. The Morgan fingerprint density at radius 3 is 2.38 bits per heavy atom. The number of hydrogen-bond donors (Lipinski definition) is 1. The van der Waals surface area contributed by atoms with Crippen LogP contribution in [-0.2, 0) is 22.6 Å². The van der Waals surface area contributed by atoms with Gasteiger partial charge in [-0.2, -0.15) is 0 Å². The zero-order valence-corrected chi connectivity index (χ0v) is 23.2. The van der Waals surface area contributed by atoms with Gasteiger partial charge in [-0.05, 0) is 68.9 Å². The Morgan fingerprint density at radius 2 is 1.70 bits per heavy atom. The molecule has 0 spiro atoms. The zero-order valence-electron chi connectivity index (χ0n) is 22.4. The Balaban J connectivity index is 1.77. The van der Waals surface area contributed by atoms with Crippen LogP contribution in [0.2, 0.25) is 5.02 Å². The van der Waals surface area contributed by atoms with E-state index in [1.54, 1.807) is 4.90 Å². The van der Waals surface area contributed by atoms with Gasteiger partial charge in [-0.3, -0.25) is 9.59 Å². The van der Waals surface area contributed by atoms with Crippen molar-refractivity contribution in [3.8, 4) is 11.5 Å². The summed E-state index contributed by atoms with van der Waals surface area (Å²) in [6.45, 7) is 7.20. The normalized spacial score (nSPS) is 14.6. The minimum atomic E-state index is -0.551. The minimum Gasteiger partial charge on any atom is -0.490 e. The average molecular weight is 529 g/mol. The molecule has 0 saturated heterocycles. The molecule has 2 aromatic rings. The van der Waals surface area contributed by atoms with Gasteiger partial charge in [-0.1, -0.05) is 62.1 Å². The third-order valence-electron chi connectivity index (χ3n) is 6.87. The lowest BCUT2D eigenvalue weighted by molar-refractivity contribution is -0.141. The van der Waals surface area contributed by atoms with Gasteiger partial charge in [-0.15, -0.1) is 0 Å². The van der Waals surface area contributed by atoms with Crippen molar-refractivity contribution in [2.75, 3.05) is 13.2 Å². The second-order valence-electron chi connectivity index (χ2n) is 9.53. The molecule has 3 rings (SSSR count). The second kappa shape index (κ2) is 14.9. The van der Waals surface area contributed by atoms with E-state index >= 15 is 0 Å². The van der Waals surface area contributed by atoms with E-state index in [4.69, 9.17) is 21.1 Å². The summed E-state index contributed by atoms with van der Waals surface area (Å²) in [6.07, 6.45) is 6.83. The standard InChI is InChI=1S/C30H41ClN2O4/c1-4-26(30(35)32-24-13-8-7-9-14-24)33(21-23-12-10-11-15-25(23)31)29(34)19-17-22-16-18-27(36-5-2)28(20-22)37-6-3/h10-12,15-16,18,20,24,26H,4-9,13-14,17,19,21H2,1-3H3,(H,32,35)/t26-/m1/s1. The summed E-state index contributed by atoms with van der Waals surface area (Å²) in [7, 11) is 0. The molecule has 0 radical (unpaired) electrons. The lowest BCUT2D eigenvalue weighted by Crippen LogP contribution is -2.51. The Labute approximate surface area is 226 Å². The van der Waals surface area contributed by atoms with Gasteiger partial charge in [-0.25, -0.2) is 0 Å². The number of benzene rings is 2. The number of aryl methyl sites for hydroxylation is 1. The largest absolute Gasteiger partial charge is 0.490 e. The van der Waals surface area contributed by atoms with Crippen molar-refractivity contribution in [2.45, 2.75) is 90.8 Å². The predicted octanol–water partition coefficient (Wildman–Crippen LogP) is 6.33. The fraction of sp³-hybridized carbons (Fsp3) is 0.533. The van der Waals surface area contributed by atoms with Crippen molar-refractivity contribution >= 4 is 23.4 Å². The number of hydrogen-bond acceptors (Lipinski definition) is 4. The average Bonchev–Trinajstić information content (AvgIpc) is 2.90. The molecule has 202 valence electrons. The van der Waals surface area contributed by atoms with Crippen LogP contribution >= 0.6 is 11.6 Å². The number of nitrogens with zero attached hydrogens (tertiary/aromatic N) is 1. The number of amides is 2. The van der Waals surface area contributed by atoms with Gasteiger partial charge in [0.25, 0.3) is 0 Å². The van der Waals surface area contributed by atoms with Crippen molar-refractivity contribution in [1.29, 1.82) is 0 Å². The molecule has 1 atom stereocenters. The number of halogens is 1. The van der Waals surface area contributed by atoms with Crippen LogP contribution in [0.3, 0.4) is 0 Å². The van der Waals surface area contributed by atoms with Crippen LogP contribution in [0, 0.1) is 0 Å². The van der Waals surface area contributed by atoms with Gasteiger partial charge >= 0.3 is 0 Å². The predicted molar refractivity (Wildman–Crippen MR) is 148 cm³/mol. The lowest BCUT2D eigenvalue weighted by Gasteiger charge is -2.33. The molecule has 0 unspecified atom stereocenters. The maximum atomic E-state index is 13.7. The molecule has 6 nitrogen and oxygen atoms in total. The van der Waals surface area contributed by atoms with Gasteiger partial charge in [0, 0.05) is 24.0 Å². The summed E-state index contributed by atoms with van der Waals surface area (Å²) in [6, 6.07) is 12.9. The van der Waals surface area contributed by atoms with Crippen molar-refractivity contribution in [1.82, 2.24) is 10.2 Å². The number of nitrogens with one attached hydrogen (secondary N) is 1. The third kappa shape index (κ3) is 8.39. The van der Waals surface area contributed by atoms with E-state index in [1.807, 2.05) is 63.2 Å². The number of carbonyl (C=O) groups excluding carboxylic acids is 2. The van der Waals surface area contributed by atoms with Crippen molar-refractivity contribution in [3.63, 3.8) is 0 Å². The monoisotopic (exact) mass is 528 g/mol. The molecule has 2 amide bonds. The number of carbonyl (C=O) groups is 2. The van der Waals surface area contributed by atoms with Crippen LogP contribution in [0.1, 0.15) is 76.8 Å². The highest BCUT2D eigenvalue weighted by Crippen LogP contribution is 2.29. The van der Waals surface area contributed by atoms with Gasteiger partial charge in [0.1, 0.15) is 6.04 Å². The molecular formula is C30H41ClN2O4. The molecular weight excluding hydrogens is 488 g/mol. The molecule has 0 aliphatic heterocycles. The van der Waals surface area contributed by atoms with Crippen molar-refractivity contribution in [3.05, 3.63) is 58.6 Å². The Kier molecular flexibility index (Phi) is 11.6. The zero-order chi connectivity index (χ0) is 26.6. The van der Waals surface area contributed by atoms with E-state index in [0.717, 1.165) is 36.8 Å². The molecule has 37 heavy (non-hydrogen) atoms. The molecule has 1 N–H and O–H groups in total. The highest BCUT2D eigenvalue weighted by Gasteiger charge is 2.30. The molecule has 0 aromatic heterocycles. The van der Waals surface area contributed by atoms with Gasteiger partial charge in [0.2, 0.25) is 11.8 Å². The van der Waals surface area contributed by atoms with E-state index in [0.29, 0.717) is 49.1 Å². The summed E-state index contributed by atoms with van der Waals surface area (Å²) in [5, 5.41) is 3.82. The van der Waals surface area contributed by atoms with Crippen LogP contribution in [0.5, 0.6) is 11.5 Å². The van der Waals surface area contributed by atoms with E-state index in [1.165, 1.54) is 6.42 Å². The maximum absolute atomic E-state index is 13.7. The maximum Gasteiger partial charge on any atom is 0.243 e.